The third kappa shape index (κ3) is 4.95. The van der Waals surface area contributed by atoms with Crippen molar-refractivity contribution in [1.82, 2.24) is 4.57 Å². The molecule has 160 valence electrons. The number of nitrogens with zero attached hydrogens (tertiary/aromatic N) is 1. The monoisotopic (exact) mass is 427 g/mol. The topological polar surface area (TPSA) is 105 Å². The molecule has 29 heavy (non-hydrogen) atoms. The van der Waals surface area contributed by atoms with Crippen LogP contribution in [0.5, 0.6) is 0 Å². The molecule has 0 radical (unpaired) electrons. The number of ether oxygens (including phenoxy) is 3. The average Bonchev–Trinajstić information content (AvgIpc) is 2.71. The number of rotatable bonds is 8. The number of phosphoric ester groups is 1. The molecule has 0 spiro atoms. The van der Waals surface area contributed by atoms with Gasteiger partial charge >= 0.3 is 7.82 Å². The van der Waals surface area contributed by atoms with Crippen molar-refractivity contribution < 1.29 is 32.7 Å². The fourth-order valence-electron chi connectivity index (χ4n) is 3.50. The van der Waals surface area contributed by atoms with Gasteiger partial charge in [0.05, 0.1) is 6.61 Å². The lowest BCUT2D eigenvalue weighted by molar-refractivity contribution is -0.218. The van der Waals surface area contributed by atoms with Crippen LogP contribution in [0.1, 0.15) is 19.6 Å². The van der Waals surface area contributed by atoms with Crippen LogP contribution in [0, 0.1) is 0 Å². The van der Waals surface area contributed by atoms with E-state index in [-0.39, 0.29) is 18.6 Å². The molecule has 2 unspecified atom stereocenters. The summed E-state index contributed by atoms with van der Waals surface area (Å²) in [5, 5.41) is 1.39. The normalized spacial score (nSPS) is 27.0. The third-order valence-electron chi connectivity index (χ3n) is 4.84. The van der Waals surface area contributed by atoms with Gasteiger partial charge in [-0.1, -0.05) is 18.2 Å². The number of hydrogen-bond acceptors (Lipinski definition) is 7. The number of aromatic nitrogens is 1. The van der Waals surface area contributed by atoms with Crippen molar-refractivity contribution in [2.75, 3.05) is 27.4 Å². The summed E-state index contributed by atoms with van der Waals surface area (Å²) in [6, 6.07) is 9.13. The number of phosphoric acid groups is 1. The molecule has 0 aliphatic carbocycles. The van der Waals surface area contributed by atoms with E-state index in [0.29, 0.717) is 12.0 Å². The Bertz CT molecular complexity index is 932. The van der Waals surface area contributed by atoms with Crippen molar-refractivity contribution in [2.45, 2.75) is 37.9 Å². The Hall–Kier alpha value is -1.58. The summed E-state index contributed by atoms with van der Waals surface area (Å²) in [6.07, 6.45) is -0.940. The fourth-order valence-corrected chi connectivity index (χ4v) is 4.15. The number of fused-ring (bicyclic) bond motifs is 1. The van der Waals surface area contributed by atoms with Crippen LogP contribution in [-0.2, 0) is 27.8 Å². The second-order valence-electron chi connectivity index (χ2n) is 6.66. The predicted molar refractivity (Wildman–Crippen MR) is 106 cm³/mol. The number of pyridine rings is 1. The van der Waals surface area contributed by atoms with Crippen molar-refractivity contribution >= 4 is 18.6 Å². The van der Waals surface area contributed by atoms with Crippen LogP contribution in [0.25, 0.3) is 10.8 Å². The summed E-state index contributed by atoms with van der Waals surface area (Å²) in [6.45, 7) is 2.30. The van der Waals surface area contributed by atoms with Gasteiger partial charge in [0.1, 0.15) is 18.3 Å². The average molecular weight is 427 g/mol. The highest BCUT2D eigenvalue weighted by molar-refractivity contribution is 7.47. The minimum absolute atomic E-state index is 0.103. The van der Waals surface area contributed by atoms with Gasteiger partial charge in [-0.05, 0) is 24.4 Å². The number of benzene rings is 1. The quantitative estimate of drug-likeness (QED) is 0.641. The standard InChI is InChI=1S/C19H26NO8P/c1-4-26-16-11-15(28-29(22,23)25-3)17(12-24-2)27-19(16)20-10-9-13-7-5-6-8-14(13)18(20)21/h5-10,15-17,19H,4,11-12H2,1-3H3,(H,22,23)/t15-,16?,17-,19-/m1/s1. The maximum Gasteiger partial charge on any atom is 0.472 e. The second-order valence-corrected chi connectivity index (χ2v) is 8.17. The summed E-state index contributed by atoms with van der Waals surface area (Å²) in [5.41, 5.74) is -0.210. The lowest BCUT2D eigenvalue weighted by Gasteiger charge is -2.41. The minimum atomic E-state index is -4.24. The van der Waals surface area contributed by atoms with Crippen molar-refractivity contribution in [2.24, 2.45) is 0 Å². The lowest BCUT2D eigenvalue weighted by Crippen LogP contribution is -2.50. The molecule has 0 saturated carbocycles. The molecule has 1 aliphatic heterocycles. The Kier molecular flexibility index (Phi) is 7.23. The molecule has 3 rings (SSSR count). The largest absolute Gasteiger partial charge is 0.472 e. The van der Waals surface area contributed by atoms with Crippen molar-refractivity contribution in [3.8, 4) is 0 Å². The first kappa shape index (κ1) is 22.1. The minimum Gasteiger partial charge on any atom is -0.382 e. The van der Waals surface area contributed by atoms with Crippen molar-refractivity contribution in [3.05, 3.63) is 46.9 Å². The summed E-state index contributed by atoms with van der Waals surface area (Å²) in [7, 11) is -1.66. The van der Waals surface area contributed by atoms with Crippen LogP contribution in [0.2, 0.25) is 0 Å². The maximum atomic E-state index is 13.1. The van der Waals surface area contributed by atoms with Crippen molar-refractivity contribution in [3.63, 3.8) is 0 Å². The van der Waals surface area contributed by atoms with Gasteiger partial charge in [-0.2, -0.15) is 0 Å². The first-order chi connectivity index (χ1) is 13.9. The van der Waals surface area contributed by atoms with E-state index >= 15 is 0 Å². The van der Waals surface area contributed by atoms with E-state index in [0.717, 1.165) is 12.5 Å². The molecule has 1 aromatic carbocycles. The van der Waals surface area contributed by atoms with Gasteiger partial charge in [0.15, 0.2) is 6.23 Å². The summed E-state index contributed by atoms with van der Waals surface area (Å²) >= 11 is 0. The molecule has 9 nitrogen and oxygen atoms in total. The molecule has 10 heteroatoms. The number of methoxy groups -OCH3 is 1. The maximum absolute atomic E-state index is 13.1. The van der Waals surface area contributed by atoms with Crippen LogP contribution >= 0.6 is 7.82 Å². The van der Waals surface area contributed by atoms with E-state index in [1.807, 2.05) is 25.1 Å². The molecule has 1 aliphatic rings. The smallest absolute Gasteiger partial charge is 0.382 e. The predicted octanol–water partition coefficient (Wildman–Crippen LogP) is 2.47. The zero-order valence-corrected chi connectivity index (χ0v) is 17.5. The molecule has 1 fully saturated rings. The highest BCUT2D eigenvalue weighted by Gasteiger charge is 2.43. The molecule has 1 aromatic heterocycles. The highest BCUT2D eigenvalue weighted by atomic mass is 31.2. The lowest BCUT2D eigenvalue weighted by atomic mass is 10.0. The SMILES string of the molecule is CCOC1C[C@@H](OP(=O)(O)OC)[C@@H](COC)O[C@H]1n1ccc2ccccc2c1=O. The molecule has 2 aromatic rings. The Morgan fingerprint density at radius 3 is 2.69 bits per heavy atom. The molecular weight excluding hydrogens is 401 g/mol. The Labute approximate surface area is 168 Å². The van der Waals surface area contributed by atoms with Crippen LogP contribution in [0.4, 0.5) is 0 Å². The molecule has 1 saturated heterocycles. The van der Waals surface area contributed by atoms with Crippen LogP contribution in [0.3, 0.4) is 0 Å². The Morgan fingerprint density at radius 1 is 1.24 bits per heavy atom. The van der Waals surface area contributed by atoms with Gasteiger partial charge in [-0.25, -0.2) is 4.57 Å². The van der Waals surface area contributed by atoms with E-state index in [4.69, 9.17) is 18.7 Å². The molecule has 2 heterocycles. The van der Waals surface area contributed by atoms with Crippen LogP contribution in [-0.4, -0.2) is 55.2 Å². The van der Waals surface area contributed by atoms with Gasteiger partial charge in [-0.3, -0.25) is 18.4 Å². The summed E-state index contributed by atoms with van der Waals surface area (Å²) in [5.74, 6) is 0. The highest BCUT2D eigenvalue weighted by Crippen LogP contribution is 2.46. The van der Waals surface area contributed by atoms with Crippen LogP contribution < -0.4 is 5.56 Å². The molecule has 5 atom stereocenters. The van der Waals surface area contributed by atoms with E-state index in [2.05, 4.69) is 4.52 Å². The summed E-state index contributed by atoms with van der Waals surface area (Å²) < 4.78 is 40.3. The second kappa shape index (κ2) is 9.49. The number of hydrogen-bond donors (Lipinski definition) is 1. The first-order valence-electron chi connectivity index (χ1n) is 9.33. The van der Waals surface area contributed by atoms with E-state index in [9.17, 15) is 14.3 Å². The fraction of sp³-hybridized carbons (Fsp3) is 0.526. The Morgan fingerprint density at radius 2 is 2.00 bits per heavy atom. The van der Waals surface area contributed by atoms with Gasteiger partial charge in [-0.15, -0.1) is 0 Å². The molecule has 0 bridgehead atoms. The first-order valence-corrected chi connectivity index (χ1v) is 10.8. The zero-order chi connectivity index (χ0) is 21.0. The van der Waals surface area contributed by atoms with Gasteiger partial charge in [0.25, 0.3) is 5.56 Å². The van der Waals surface area contributed by atoms with Crippen molar-refractivity contribution in [1.29, 1.82) is 0 Å². The zero-order valence-electron chi connectivity index (χ0n) is 16.6. The van der Waals surface area contributed by atoms with E-state index < -0.39 is 32.4 Å². The van der Waals surface area contributed by atoms with Gasteiger partial charge < -0.3 is 19.1 Å². The van der Waals surface area contributed by atoms with E-state index in [1.165, 1.54) is 11.7 Å². The molecule has 0 amide bonds. The molecule has 1 N–H and O–H groups in total. The third-order valence-corrected chi connectivity index (χ3v) is 5.84. The summed E-state index contributed by atoms with van der Waals surface area (Å²) in [4.78, 5) is 22.8. The van der Waals surface area contributed by atoms with Gasteiger partial charge in [0, 0.05) is 38.8 Å². The Balaban J connectivity index is 1.97. The molecular formula is C19H26NO8P. The van der Waals surface area contributed by atoms with E-state index in [1.54, 1.807) is 18.3 Å². The van der Waals surface area contributed by atoms with Crippen LogP contribution in [0.15, 0.2) is 41.3 Å². The van der Waals surface area contributed by atoms with Gasteiger partial charge in [0.2, 0.25) is 0 Å².